The number of carbonyl (C=O) groups is 1. The molecule has 3 aromatic rings. The van der Waals surface area contributed by atoms with E-state index < -0.39 is 17.6 Å². The van der Waals surface area contributed by atoms with Crippen LogP contribution in [0.15, 0.2) is 61.1 Å². The quantitative estimate of drug-likeness (QED) is 0.502. The van der Waals surface area contributed by atoms with E-state index in [0.29, 0.717) is 22.4 Å². The lowest BCUT2D eigenvalue weighted by Gasteiger charge is -2.09. The zero-order valence-corrected chi connectivity index (χ0v) is 17.2. The van der Waals surface area contributed by atoms with E-state index >= 15 is 0 Å². The van der Waals surface area contributed by atoms with Crippen molar-refractivity contribution in [3.05, 3.63) is 83.3 Å². The van der Waals surface area contributed by atoms with Crippen LogP contribution in [0.1, 0.15) is 22.3 Å². The van der Waals surface area contributed by atoms with Crippen molar-refractivity contribution >= 4 is 17.8 Å². The number of nitriles is 1. The highest BCUT2D eigenvalue weighted by atomic mass is 19.4. The summed E-state index contributed by atoms with van der Waals surface area (Å²) in [6.07, 6.45) is 1.28. The average Bonchev–Trinajstić information content (AvgIpc) is 3.22. The fourth-order valence-corrected chi connectivity index (χ4v) is 2.92. The molecule has 33 heavy (non-hydrogen) atoms. The number of alkyl halides is 3. The summed E-state index contributed by atoms with van der Waals surface area (Å²) in [6.45, 7) is -0.0102. The third kappa shape index (κ3) is 6.69. The minimum Gasteiger partial charge on any atom is -0.490 e. The Kier molecular flexibility index (Phi) is 7.48. The number of carbonyl (C=O) groups excluding carboxylic acids is 1. The molecule has 3 rings (SSSR count). The van der Waals surface area contributed by atoms with Crippen LogP contribution in [-0.4, -0.2) is 33.8 Å². The highest BCUT2D eigenvalue weighted by Crippen LogP contribution is 2.29. The summed E-state index contributed by atoms with van der Waals surface area (Å²) >= 11 is 0. The normalized spacial score (nSPS) is 11.4. The van der Waals surface area contributed by atoms with E-state index in [0.717, 1.165) is 12.1 Å². The second-order valence-electron chi connectivity index (χ2n) is 6.89. The number of halogens is 3. The number of aliphatic hydroxyl groups is 1. The van der Waals surface area contributed by atoms with Crippen LogP contribution in [0.2, 0.25) is 0 Å². The van der Waals surface area contributed by atoms with E-state index in [2.05, 4.69) is 10.3 Å². The second kappa shape index (κ2) is 10.5. The number of rotatable bonds is 8. The minimum absolute atomic E-state index is 0.0332. The number of hydrogen-bond acceptors (Lipinski definition) is 5. The SMILES string of the molecule is N#Cc1ccc(/C=C/C(=O)Nc2cn(Cc3cccc(C(F)(F)F)c3)cn2)cc1OCCO. The fraction of sp³-hybridized carbons (Fsp3) is 0.174. The molecule has 1 aromatic heterocycles. The van der Waals surface area contributed by atoms with Gasteiger partial charge in [0.15, 0.2) is 5.82 Å². The van der Waals surface area contributed by atoms with Gasteiger partial charge in [-0.25, -0.2) is 4.98 Å². The number of nitrogens with one attached hydrogen (secondary N) is 1. The molecular weight excluding hydrogens is 437 g/mol. The number of anilines is 1. The molecule has 7 nitrogen and oxygen atoms in total. The van der Waals surface area contributed by atoms with Gasteiger partial charge in [0, 0.05) is 18.8 Å². The van der Waals surface area contributed by atoms with Gasteiger partial charge in [0.25, 0.3) is 0 Å². The van der Waals surface area contributed by atoms with E-state index in [4.69, 9.17) is 15.1 Å². The lowest BCUT2D eigenvalue weighted by Crippen LogP contribution is -2.08. The van der Waals surface area contributed by atoms with Crippen molar-refractivity contribution in [1.82, 2.24) is 9.55 Å². The molecule has 0 aliphatic carbocycles. The lowest BCUT2D eigenvalue weighted by atomic mass is 10.1. The van der Waals surface area contributed by atoms with Crippen molar-refractivity contribution in [3.63, 3.8) is 0 Å². The van der Waals surface area contributed by atoms with Crippen LogP contribution in [0, 0.1) is 11.3 Å². The Hall–Kier alpha value is -4.10. The zero-order chi connectivity index (χ0) is 23.8. The molecule has 0 bridgehead atoms. The molecule has 0 atom stereocenters. The average molecular weight is 456 g/mol. The summed E-state index contributed by atoms with van der Waals surface area (Å²) in [5, 5.41) is 20.6. The Morgan fingerprint density at radius 3 is 2.82 bits per heavy atom. The maximum absolute atomic E-state index is 12.9. The van der Waals surface area contributed by atoms with Crippen molar-refractivity contribution in [3.8, 4) is 11.8 Å². The Morgan fingerprint density at radius 2 is 2.09 bits per heavy atom. The van der Waals surface area contributed by atoms with Gasteiger partial charge in [-0.05, 0) is 41.5 Å². The fourth-order valence-electron chi connectivity index (χ4n) is 2.92. The summed E-state index contributed by atoms with van der Waals surface area (Å²) in [5.41, 5.74) is 0.620. The van der Waals surface area contributed by atoms with Gasteiger partial charge in [0.1, 0.15) is 18.4 Å². The van der Waals surface area contributed by atoms with Crippen LogP contribution < -0.4 is 10.1 Å². The molecule has 0 saturated heterocycles. The van der Waals surface area contributed by atoms with Gasteiger partial charge < -0.3 is 19.7 Å². The van der Waals surface area contributed by atoms with Gasteiger partial charge in [-0.1, -0.05) is 18.2 Å². The lowest BCUT2D eigenvalue weighted by molar-refractivity contribution is -0.137. The predicted molar refractivity (Wildman–Crippen MR) is 114 cm³/mol. The number of nitrogens with zero attached hydrogens (tertiary/aromatic N) is 3. The molecule has 2 aromatic carbocycles. The molecule has 0 saturated carbocycles. The van der Waals surface area contributed by atoms with Crippen LogP contribution in [-0.2, 0) is 17.5 Å². The summed E-state index contributed by atoms with van der Waals surface area (Å²) in [4.78, 5) is 16.2. The largest absolute Gasteiger partial charge is 0.490 e. The Morgan fingerprint density at radius 1 is 1.27 bits per heavy atom. The van der Waals surface area contributed by atoms with Gasteiger partial charge in [-0.3, -0.25) is 4.79 Å². The molecule has 0 spiro atoms. The minimum atomic E-state index is -4.42. The third-order valence-corrected chi connectivity index (χ3v) is 4.41. The molecule has 1 heterocycles. The zero-order valence-electron chi connectivity index (χ0n) is 17.2. The highest BCUT2D eigenvalue weighted by Gasteiger charge is 2.30. The topological polar surface area (TPSA) is 100 Å². The molecule has 0 aliphatic rings. The van der Waals surface area contributed by atoms with Crippen LogP contribution in [0.25, 0.3) is 6.08 Å². The number of amides is 1. The first-order valence-electron chi connectivity index (χ1n) is 9.73. The molecule has 0 radical (unpaired) electrons. The molecule has 2 N–H and O–H groups in total. The summed E-state index contributed by atoms with van der Waals surface area (Å²) in [7, 11) is 0. The number of aromatic nitrogens is 2. The summed E-state index contributed by atoms with van der Waals surface area (Å²) in [5.74, 6) is 0.0624. The monoisotopic (exact) mass is 456 g/mol. The molecule has 0 aliphatic heterocycles. The highest BCUT2D eigenvalue weighted by molar-refractivity contribution is 6.01. The second-order valence-corrected chi connectivity index (χ2v) is 6.89. The van der Waals surface area contributed by atoms with E-state index in [1.807, 2.05) is 6.07 Å². The Bertz CT molecular complexity index is 1200. The standard InChI is InChI=1S/C23H19F3N4O3/c24-23(25,26)19-3-1-2-17(10-19)13-30-14-21(28-15-30)29-22(32)7-5-16-4-6-18(12-27)20(11-16)33-9-8-31/h1-7,10-11,14-15,31H,8-9,13H2,(H,29,32)/b7-5+. The van der Waals surface area contributed by atoms with Crippen molar-refractivity contribution in [1.29, 1.82) is 5.26 Å². The van der Waals surface area contributed by atoms with Gasteiger partial charge in [-0.2, -0.15) is 18.4 Å². The van der Waals surface area contributed by atoms with Crippen LogP contribution in [0.4, 0.5) is 19.0 Å². The Balaban J connectivity index is 1.62. The first-order chi connectivity index (χ1) is 15.8. The van der Waals surface area contributed by atoms with E-state index in [-0.39, 0.29) is 25.6 Å². The molecule has 170 valence electrons. The molecular formula is C23H19F3N4O3. The van der Waals surface area contributed by atoms with Crippen molar-refractivity contribution in [2.45, 2.75) is 12.7 Å². The number of benzene rings is 2. The van der Waals surface area contributed by atoms with E-state index in [1.165, 1.54) is 30.7 Å². The van der Waals surface area contributed by atoms with Gasteiger partial charge in [0.05, 0.1) is 24.1 Å². The van der Waals surface area contributed by atoms with Crippen molar-refractivity contribution in [2.24, 2.45) is 0 Å². The third-order valence-electron chi connectivity index (χ3n) is 4.41. The van der Waals surface area contributed by atoms with Crippen LogP contribution >= 0.6 is 0 Å². The van der Waals surface area contributed by atoms with Gasteiger partial charge >= 0.3 is 6.18 Å². The number of aliphatic hydroxyl groups excluding tert-OH is 1. The van der Waals surface area contributed by atoms with Crippen molar-refractivity contribution < 1.29 is 27.8 Å². The van der Waals surface area contributed by atoms with E-state index in [9.17, 15) is 18.0 Å². The van der Waals surface area contributed by atoms with Gasteiger partial charge in [-0.15, -0.1) is 0 Å². The maximum Gasteiger partial charge on any atom is 0.416 e. The van der Waals surface area contributed by atoms with Gasteiger partial charge in [0.2, 0.25) is 5.91 Å². The van der Waals surface area contributed by atoms with Crippen LogP contribution in [0.5, 0.6) is 5.75 Å². The van der Waals surface area contributed by atoms with Crippen molar-refractivity contribution in [2.75, 3.05) is 18.5 Å². The first-order valence-corrected chi connectivity index (χ1v) is 9.73. The molecule has 0 fully saturated rings. The number of ether oxygens (including phenoxy) is 1. The maximum atomic E-state index is 12.9. The smallest absolute Gasteiger partial charge is 0.416 e. The Labute approximate surface area is 187 Å². The summed E-state index contributed by atoms with van der Waals surface area (Å²) in [6, 6.07) is 11.7. The molecule has 10 heteroatoms. The number of imidazole rings is 1. The summed E-state index contributed by atoms with van der Waals surface area (Å²) < 4.78 is 45.5. The van der Waals surface area contributed by atoms with E-state index in [1.54, 1.807) is 28.8 Å². The first kappa shape index (κ1) is 23.6. The van der Waals surface area contributed by atoms with Crippen LogP contribution in [0.3, 0.4) is 0 Å². The number of hydrogen-bond donors (Lipinski definition) is 2. The molecule has 0 unspecified atom stereocenters. The predicted octanol–water partition coefficient (Wildman–Crippen LogP) is 3.84. The molecule has 1 amide bonds.